The third kappa shape index (κ3) is 3.24. The standard InChI is InChI=1S/C22H19Cl2N3O2/c1-13-4-6-15(7-5-13)11-22(3)20(29)26(18-9-16(23)8-17(24)10-18)21-25-12-19(14(2)28)27(21)22/h4-10,12H,11H2,1-3H3/t22-/m1/s1. The largest absolute Gasteiger partial charge is 0.293 e. The van der Waals surface area contributed by atoms with Crippen LogP contribution in [0.2, 0.25) is 10.0 Å². The zero-order chi connectivity index (χ0) is 20.9. The van der Waals surface area contributed by atoms with E-state index in [0.717, 1.165) is 11.1 Å². The number of hydrogen-bond donors (Lipinski definition) is 0. The Hall–Kier alpha value is -2.63. The summed E-state index contributed by atoms with van der Waals surface area (Å²) in [5.41, 5.74) is 2.02. The number of carbonyl (C=O) groups excluding carboxylic acids is 2. The molecule has 4 rings (SSSR count). The van der Waals surface area contributed by atoms with Crippen molar-refractivity contribution in [3.8, 4) is 0 Å². The van der Waals surface area contributed by atoms with Crippen LogP contribution in [0.3, 0.4) is 0 Å². The monoisotopic (exact) mass is 427 g/mol. The number of hydrogen-bond acceptors (Lipinski definition) is 3. The summed E-state index contributed by atoms with van der Waals surface area (Å²) in [6.07, 6.45) is 1.93. The molecule has 1 aromatic heterocycles. The first-order chi connectivity index (χ1) is 13.7. The fourth-order valence-electron chi connectivity index (χ4n) is 3.82. The van der Waals surface area contributed by atoms with Gasteiger partial charge in [-0.1, -0.05) is 53.0 Å². The number of ketones is 1. The van der Waals surface area contributed by atoms with Crippen molar-refractivity contribution in [1.82, 2.24) is 9.55 Å². The number of carbonyl (C=O) groups is 2. The molecule has 1 amide bonds. The van der Waals surface area contributed by atoms with E-state index >= 15 is 0 Å². The third-order valence-corrected chi connectivity index (χ3v) is 5.67. The van der Waals surface area contributed by atoms with Gasteiger partial charge >= 0.3 is 0 Å². The van der Waals surface area contributed by atoms with Crippen molar-refractivity contribution < 1.29 is 9.59 Å². The number of aryl methyl sites for hydroxylation is 1. The average Bonchev–Trinajstić information content (AvgIpc) is 3.16. The quantitative estimate of drug-likeness (QED) is 0.528. The second-order valence-electron chi connectivity index (χ2n) is 7.54. The van der Waals surface area contributed by atoms with Crippen LogP contribution in [0.25, 0.3) is 0 Å². The summed E-state index contributed by atoms with van der Waals surface area (Å²) in [6, 6.07) is 12.9. The Labute approximate surface area is 178 Å². The van der Waals surface area contributed by atoms with E-state index in [4.69, 9.17) is 23.2 Å². The van der Waals surface area contributed by atoms with Crippen LogP contribution in [-0.2, 0) is 16.8 Å². The molecule has 5 nitrogen and oxygen atoms in total. The average molecular weight is 428 g/mol. The fourth-order valence-corrected chi connectivity index (χ4v) is 4.34. The smallest absolute Gasteiger partial charge is 0.260 e. The minimum Gasteiger partial charge on any atom is -0.293 e. The van der Waals surface area contributed by atoms with Crippen molar-refractivity contribution in [1.29, 1.82) is 0 Å². The van der Waals surface area contributed by atoms with E-state index in [9.17, 15) is 9.59 Å². The van der Waals surface area contributed by atoms with Gasteiger partial charge in [0.15, 0.2) is 5.78 Å². The third-order valence-electron chi connectivity index (χ3n) is 5.24. The molecule has 2 heterocycles. The van der Waals surface area contributed by atoms with E-state index in [1.165, 1.54) is 18.0 Å². The molecule has 0 bridgehead atoms. The number of amides is 1. The van der Waals surface area contributed by atoms with Crippen LogP contribution in [0.5, 0.6) is 0 Å². The Morgan fingerprint density at radius 2 is 1.72 bits per heavy atom. The van der Waals surface area contributed by atoms with Crippen LogP contribution in [0.15, 0.2) is 48.7 Å². The van der Waals surface area contributed by atoms with Crippen molar-refractivity contribution in [3.05, 3.63) is 75.5 Å². The van der Waals surface area contributed by atoms with Gasteiger partial charge in [-0.3, -0.25) is 14.2 Å². The molecule has 1 aliphatic heterocycles. The Bertz CT molecular complexity index is 1120. The number of Topliss-reactive ketones (excluding diaryl/α,β-unsaturated/α-hetero) is 1. The molecule has 7 heteroatoms. The lowest BCUT2D eigenvalue weighted by Gasteiger charge is -2.26. The van der Waals surface area contributed by atoms with Crippen molar-refractivity contribution in [3.63, 3.8) is 0 Å². The summed E-state index contributed by atoms with van der Waals surface area (Å²) < 4.78 is 1.73. The predicted molar refractivity (Wildman–Crippen MR) is 114 cm³/mol. The van der Waals surface area contributed by atoms with E-state index < -0.39 is 5.54 Å². The van der Waals surface area contributed by atoms with E-state index in [1.807, 2.05) is 38.1 Å². The summed E-state index contributed by atoms with van der Waals surface area (Å²) in [4.78, 5) is 31.8. The number of rotatable bonds is 4. The van der Waals surface area contributed by atoms with Gasteiger partial charge in [0, 0.05) is 23.4 Å². The van der Waals surface area contributed by atoms with Gasteiger partial charge in [-0.2, -0.15) is 0 Å². The second-order valence-corrected chi connectivity index (χ2v) is 8.41. The van der Waals surface area contributed by atoms with E-state index in [0.29, 0.717) is 33.8 Å². The molecule has 0 N–H and O–H groups in total. The summed E-state index contributed by atoms with van der Waals surface area (Å²) in [5.74, 6) is 0.0350. The molecule has 0 unspecified atom stereocenters. The van der Waals surface area contributed by atoms with Crippen LogP contribution in [0.1, 0.15) is 35.5 Å². The van der Waals surface area contributed by atoms with Crippen LogP contribution in [-0.4, -0.2) is 21.2 Å². The molecule has 3 aromatic rings. The zero-order valence-corrected chi connectivity index (χ0v) is 17.8. The van der Waals surface area contributed by atoms with Crippen molar-refractivity contribution in [2.45, 2.75) is 32.7 Å². The molecule has 0 spiro atoms. The van der Waals surface area contributed by atoms with Crippen molar-refractivity contribution in [2.24, 2.45) is 0 Å². The maximum atomic E-state index is 13.7. The van der Waals surface area contributed by atoms with Gasteiger partial charge in [-0.15, -0.1) is 0 Å². The van der Waals surface area contributed by atoms with Crippen molar-refractivity contribution in [2.75, 3.05) is 4.90 Å². The van der Waals surface area contributed by atoms with E-state index in [2.05, 4.69) is 4.98 Å². The molecule has 0 fully saturated rings. The SMILES string of the molecule is CC(=O)c1cnc2n1[C@](C)(Cc1ccc(C)cc1)C(=O)N2c1cc(Cl)cc(Cl)c1. The zero-order valence-electron chi connectivity index (χ0n) is 16.2. The predicted octanol–water partition coefficient (Wildman–Crippen LogP) is 5.34. The Morgan fingerprint density at radius 1 is 1.10 bits per heavy atom. The molecular formula is C22H19Cl2N3O2. The van der Waals surface area contributed by atoms with Crippen LogP contribution in [0, 0.1) is 6.92 Å². The highest BCUT2D eigenvalue weighted by Crippen LogP contribution is 2.43. The number of anilines is 2. The van der Waals surface area contributed by atoms with Crippen LogP contribution >= 0.6 is 23.2 Å². The molecule has 2 aromatic carbocycles. The van der Waals surface area contributed by atoms with E-state index in [-0.39, 0.29) is 11.7 Å². The minimum atomic E-state index is -1.02. The minimum absolute atomic E-state index is 0.155. The number of benzene rings is 2. The Kier molecular flexibility index (Phi) is 4.75. The molecule has 0 aliphatic carbocycles. The second kappa shape index (κ2) is 7.01. The summed E-state index contributed by atoms with van der Waals surface area (Å²) in [6.45, 7) is 5.32. The molecule has 1 atom stereocenters. The van der Waals surface area contributed by atoms with Gasteiger partial charge in [0.25, 0.3) is 5.91 Å². The number of imidazole rings is 1. The first-order valence-corrected chi connectivity index (χ1v) is 9.91. The normalized spacial score (nSPS) is 18.2. The first-order valence-electron chi connectivity index (χ1n) is 9.16. The lowest BCUT2D eigenvalue weighted by molar-refractivity contribution is -0.123. The van der Waals surface area contributed by atoms with E-state index in [1.54, 1.807) is 22.8 Å². The molecule has 0 radical (unpaired) electrons. The summed E-state index contributed by atoms with van der Waals surface area (Å²) >= 11 is 12.3. The lowest BCUT2D eigenvalue weighted by Crippen LogP contribution is -2.42. The summed E-state index contributed by atoms with van der Waals surface area (Å²) in [5, 5.41) is 0.828. The van der Waals surface area contributed by atoms with Gasteiger partial charge in [0.05, 0.1) is 11.9 Å². The lowest BCUT2D eigenvalue weighted by atomic mass is 9.91. The highest BCUT2D eigenvalue weighted by molar-refractivity contribution is 6.35. The Balaban J connectivity index is 1.89. The number of halogens is 2. The fraction of sp³-hybridized carbons (Fsp3) is 0.227. The van der Waals surface area contributed by atoms with Gasteiger partial charge in [-0.25, -0.2) is 9.88 Å². The molecular weight excluding hydrogens is 409 g/mol. The maximum absolute atomic E-state index is 13.7. The molecule has 1 aliphatic rings. The van der Waals surface area contributed by atoms with Crippen LogP contribution in [0.4, 0.5) is 11.6 Å². The Morgan fingerprint density at radius 3 is 2.31 bits per heavy atom. The highest BCUT2D eigenvalue weighted by Gasteiger charge is 2.50. The molecule has 0 saturated carbocycles. The van der Waals surface area contributed by atoms with Gasteiger partial charge < -0.3 is 0 Å². The molecule has 148 valence electrons. The number of aromatic nitrogens is 2. The molecule has 0 saturated heterocycles. The van der Waals surface area contributed by atoms with Gasteiger partial charge in [-0.05, 0) is 37.6 Å². The molecule has 29 heavy (non-hydrogen) atoms. The van der Waals surface area contributed by atoms with Crippen LogP contribution < -0.4 is 4.90 Å². The topological polar surface area (TPSA) is 55.2 Å². The van der Waals surface area contributed by atoms with Gasteiger partial charge in [0.2, 0.25) is 5.95 Å². The summed E-state index contributed by atoms with van der Waals surface area (Å²) in [7, 11) is 0. The maximum Gasteiger partial charge on any atom is 0.260 e. The first kappa shape index (κ1) is 19.7. The van der Waals surface area contributed by atoms with Gasteiger partial charge in [0.1, 0.15) is 11.2 Å². The number of fused-ring (bicyclic) bond motifs is 1. The van der Waals surface area contributed by atoms with Crippen molar-refractivity contribution >= 4 is 46.5 Å². The highest BCUT2D eigenvalue weighted by atomic mass is 35.5. The number of nitrogens with zero attached hydrogens (tertiary/aromatic N) is 3.